The number of nitrogens with two attached hydrogens (primary N) is 1. The molecule has 2 N–H and O–H groups in total. The maximum absolute atomic E-state index is 5.83. The van der Waals surface area contributed by atoms with E-state index in [-0.39, 0.29) is 5.41 Å². The Morgan fingerprint density at radius 1 is 1.57 bits per heavy atom. The molecule has 0 aliphatic carbocycles. The highest BCUT2D eigenvalue weighted by molar-refractivity contribution is 7.09. The van der Waals surface area contributed by atoms with Gasteiger partial charge in [-0.3, -0.25) is 4.99 Å². The molecule has 1 aromatic heterocycles. The Kier molecular flexibility index (Phi) is 3.26. The molecule has 0 fully saturated rings. The summed E-state index contributed by atoms with van der Waals surface area (Å²) in [7, 11) is 0. The fourth-order valence-corrected chi connectivity index (χ4v) is 1.56. The van der Waals surface area contributed by atoms with E-state index in [0.29, 0.717) is 12.4 Å². The quantitative estimate of drug-likeness (QED) is 0.603. The van der Waals surface area contributed by atoms with Crippen molar-refractivity contribution in [3.63, 3.8) is 0 Å². The van der Waals surface area contributed by atoms with E-state index in [1.165, 1.54) is 0 Å². The SMILES string of the molecule is Cc1csc(CN=C(N)C(C)(C)C)n1. The van der Waals surface area contributed by atoms with Gasteiger partial charge in [-0.2, -0.15) is 0 Å². The summed E-state index contributed by atoms with van der Waals surface area (Å²) in [6.45, 7) is 8.75. The molecule has 1 aromatic rings. The minimum absolute atomic E-state index is 0.0493. The van der Waals surface area contributed by atoms with Crippen molar-refractivity contribution in [3.05, 3.63) is 16.1 Å². The fraction of sp³-hybridized carbons (Fsp3) is 0.600. The summed E-state index contributed by atoms with van der Waals surface area (Å²) in [6.07, 6.45) is 0. The first-order valence-electron chi connectivity index (χ1n) is 4.61. The van der Waals surface area contributed by atoms with E-state index >= 15 is 0 Å². The molecule has 0 unspecified atom stereocenters. The van der Waals surface area contributed by atoms with Crippen LogP contribution in [0, 0.1) is 12.3 Å². The van der Waals surface area contributed by atoms with Gasteiger partial charge in [0.05, 0.1) is 12.4 Å². The van der Waals surface area contributed by atoms with Crippen LogP contribution in [-0.2, 0) is 6.54 Å². The molecule has 0 bridgehead atoms. The van der Waals surface area contributed by atoms with Crippen LogP contribution < -0.4 is 5.73 Å². The molecule has 0 saturated carbocycles. The summed E-state index contributed by atoms with van der Waals surface area (Å²) >= 11 is 1.63. The molecule has 14 heavy (non-hydrogen) atoms. The Labute approximate surface area is 89.1 Å². The Morgan fingerprint density at radius 2 is 2.21 bits per heavy atom. The summed E-state index contributed by atoms with van der Waals surface area (Å²) in [5, 5.41) is 3.05. The van der Waals surface area contributed by atoms with E-state index < -0.39 is 0 Å². The van der Waals surface area contributed by atoms with Crippen molar-refractivity contribution in [2.75, 3.05) is 0 Å². The summed E-state index contributed by atoms with van der Waals surface area (Å²) in [4.78, 5) is 8.64. The first-order valence-corrected chi connectivity index (χ1v) is 5.49. The smallest absolute Gasteiger partial charge is 0.114 e. The second-order valence-electron chi connectivity index (χ2n) is 4.33. The minimum atomic E-state index is -0.0493. The van der Waals surface area contributed by atoms with Crippen molar-refractivity contribution in [1.82, 2.24) is 4.98 Å². The van der Waals surface area contributed by atoms with Crippen LogP contribution in [0.4, 0.5) is 0 Å². The first-order chi connectivity index (χ1) is 6.39. The molecule has 0 radical (unpaired) electrons. The number of rotatable bonds is 2. The lowest BCUT2D eigenvalue weighted by Gasteiger charge is -2.16. The monoisotopic (exact) mass is 211 g/mol. The second kappa shape index (κ2) is 4.09. The average Bonchev–Trinajstić information content (AvgIpc) is 2.45. The number of aryl methyl sites for hydroxylation is 1. The third-order valence-corrected chi connectivity index (χ3v) is 2.77. The van der Waals surface area contributed by atoms with Gasteiger partial charge >= 0.3 is 0 Å². The van der Waals surface area contributed by atoms with Gasteiger partial charge < -0.3 is 5.73 Å². The zero-order chi connectivity index (χ0) is 10.8. The molecule has 0 spiro atoms. The van der Waals surface area contributed by atoms with Gasteiger partial charge in [0.15, 0.2) is 0 Å². The largest absolute Gasteiger partial charge is 0.387 e. The minimum Gasteiger partial charge on any atom is -0.387 e. The van der Waals surface area contributed by atoms with Crippen LogP contribution in [0.2, 0.25) is 0 Å². The topological polar surface area (TPSA) is 51.3 Å². The molecule has 0 aliphatic heterocycles. The van der Waals surface area contributed by atoms with Crippen molar-refractivity contribution >= 4 is 17.2 Å². The Morgan fingerprint density at radius 3 is 2.64 bits per heavy atom. The average molecular weight is 211 g/mol. The molecule has 3 nitrogen and oxygen atoms in total. The number of hydrogen-bond donors (Lipinski definition) is 1. The summed E-state index contributed by atoms with van der Waals surface area (Å²) in [5.41, 5.74) is 6.83. The molecule has 0 aromatic carbocycles. The second-order valence-corrected chi connectivity index (χ2v) is 5.28. The van der Waals surface area contributed by atoms with Crippen molar-refractivity contribution in [2.45, 2.75) is 34.2 Å². The van der Waals surface area contributed by atoms with Gasteiger partial charge in [0.1, 0.15) is 5.01 Å². The van der Waals surface area contributed by atoms with E-state index in [9.17, 15) is 0 Å². The van der Waals surface area contributed by atoms with E-state index in [2.05, 4.69) is 30.7 Å². The maximum atomic E-state index is 5.83. The lowest BCUT2D eigenvalue weighted by molar-refractivity contribution is 0.581. The molecule has 1 rings (SSSR count). The first kappa shape index (κ1) is 11.2. The number of thiazole rings is 1. The van der Waals surface area contributed by atoms with Gasteiger partial charge in [-0.05, 0) is 6.92 Å². The number of aromatic nitrogens is 1. The fourth-order valence-electron chi connectivity index (χ4n) is 0.865. The van der Waals surface area contributed by atoms with Gasteiger partial charge in [0.2, 0.25) is 0 Å². The Hall–Kier alpha value is -0.900. The standard InChI is InChI=1S/C10H17N3S/c1-7-6-14-8(13-7)5-12-9(11)10(2,3)4/h6H,5H2,1-4H3,(H2,11,12). The van der Waals surface area contributed by atoms with Crippen LogP contribution in [0.3, 0.4) is 0 Å². The lowest BCUT2D eigenvalue weighted by atomic mass is 9.95. The highest BCUT2D eigenvalue weighted by Crippen LogP contribution is 2.15. The van der Waals surface area contributed by atoms with Crippen molar-refractivity contribution < 1.29 is 0 Å². The predicted molar refractivity (Wildman–Crippen MR) is 61.6 cm³/mol. The zero-order valence-corrected chi connectivity index (χ0v) is 9.98. The molecule has 78 valence electrons. The molecule has 0 saturated heterocycles. The zero-order valence-electron chi connectivity index (χ0n) is 9.16. The van der Waals surface area contributed by atoms with Gasteiger partial charge in [-0.25, -0.2) is 4.98 Å². The van der Waals surface area contributed by atoms with Crippen LogP contribution in [0.1, 0.15) is 31.5 Å². The van der Waals surface area contributed by atoms with Crippen molar-refractivity contribution in [1.29, 1.82) is 0 Å². The Balaban J connectivity index is 2.64. The highest BCUT2D eigenvalue weighted by atomic mass is 32.1. The van der Waals surface area contributed by atoms with Crippen LogP contribution in [0.5, 0.6) is 0 Å². The number of aliphatic imine (C=N–C) groups is 1. The van der Waals surface area contributed by atoms with Crippen molar-refractivity contribution in [3.8, 4) is 0 Å². The number of nitrogens with zero attached hydrogens (tertiary/aromatic N) is 2. The lowest BCUT2D eigenvalue weighted by Crippen LogP contribution is -2.28. The summed E-state index contributed by atoms with van der Waals surface area (Å²) in [5.74, 6) is 0.686. The van der Waals surface area contributed by atoms with Gasteiger partial charge in [0, 0.05) is 16.5 Å². The molecular weight excluding hydrogens is 194 g/mol. The van der Waals surface area contributed by atoms with Crippen LogP contribution in [0.15, 0.2) is 10.4 Å². The third-order valence-electron chi connectivity index (χ3n) is 1.82. The van der Waals surface area contributed by atoms with Gasteiger partial charge in [0.25, 0.3) is 0 Å². The number of hydrogen-bond acceptors (Lipinski definition) is 3. The Bertz CT molecular complexity index is 333. The molecule has 1 heterocycles. The predicted octanol–water partition coefficient (Wildman–Crippen LogP) is 2.35. The summed E-state index contributed by atoms with van der Waals surface area (Å²) in [6, 6.07) is 0. The van der Waals surface area contributed by atoms with E-state index in [1.54, 1.807) is 11.3 Å². The molecule has 4 heteroatoms. The van der Waals surface area contributed by atoms with Gasteiger partial charge in [-0.15, -0.1) is 11.3 Å². The van der Waals surface area contributed by atoms with E-state index in [1.807, 2.05) is 12.3 Å². The third kappa shape index (κ3) is 3.10. The molecule has 0 aliphatic rings. The van der Waals surface area contributed by atoms with E-state index in [4.69, 9.17) is 5.73 Å². The summed E-state index contributed by atoms with van der Waals surface area (Å²) < 4.78 is 0. The van der Waals surface area contributed by atoms with E-state index in [0.717, 1.165) is 10.7 Å². The normalized spacial score (nSPS) is 13.3. The van der Waals surface area contributed by atoms with Crippen molar-refractivity contribution in [2.24, 2.45) is 16.1 Å². The molecule has 0 amide bonds. The molecule has 0 atom stereocenters. The van der Waals surface area contributed by atoms with Gasteiger partial charge in [-0.1, -0.05) is 20.8 Å². The highest BCUT2D eigenvalue weighted by Gasteiger charge is 2.14. The van der Waals surface area contributed by atoms with Crippen LogP contribution in [-0.4, -0.2) is 10.8 Å². The maximum Gasteiger partial charge on any atom is 0.114 e. The van der Waals surface area contributed by atoms with Crippen LogP contribution in [0.25, 0.3) is 0 Å². The molecular formula is C10H17N3S. The van der Waals surface area contributed by atoms with Crippen LogP contribution >= 0.6 is 11.3 Å². The number of amidine groups is 1.